The van der Waals surface area contributed by atoms with Crippen LogP contribution in [0.4, 0.5) is 0 Å². The highest BCUT2D eigenvalue weighted by Gasteiger charge is 2.32. The van der Waals surface area contributed by atoms with Crippen molar-refractivity contribution >= 4 is 18.4 Å². The normalized spacial score (nSPS) is 25.9. The summed E-state index contributed by atoms with van der Waals surface area (Å²) in [5, 5.41) is 0. The number of nitrogens with two attached hydrogens (primary N) is 2. The lowest BCUT2D eigenvalue weighted by Gasteiger charge is -2.34. The fourth-order valence-electron chi connectivity index (χ4n) is 2.22. The minimum atomic E-state index is -0.317. The Hall–Kier alpha value is -0.620. The molecule has 20 heavy (non-hydrogen) atoms. The van der Waals surface area contributed by atoms with Gasteiger partial charge in [-0.25, -0.2) is 4.79 Å². The Morgan fingerprint density at radius 1 is 1.35 bits per heavy atom. The Kier molecular flexibility index (Phi) is 9.05. The molecule has 0 radical (unpaired) electrons. The highest BCUT2D eigenvalue weighted by molar-refractivity contribution is 5.89. The standard InChI is InChI=1S/C14H26N2O3.ClH/c1-4-10(5-2)19-12-8-9(14(17)18-6-3)7-11(15)13(12)16;/h8,10-13H,4-7,15-16H2,1-3H3;1H/t11-,12+,13+;/m0./s1. The number of hydrogen-bond donors (Lipinski definition) is 2. The van der Waals surface area contributed by atoms with Gasteiger partial charge in [-0.15, -0.1) is 12.4 Å². The lowest BCUT2D eigenvalue weighted by molar-refractivity contribution is -0.139. The van der Waals surface area contributed by atoms with Gasteiger partial charge in [-0.3, -0.25) is 0 Å². The smallest absolute Gasteiger partial charge is 0.333 e. The summed E-state index contributed by atoms with van der Waals surface area (Å²) < 4.78 is 11.0. The molecule has 1 rings (SSSR count). The van der Waals surface area contributed by atoms with E-state index in [9.17, 15) is 4.79 Å². The molecule has 0 unspecified atom stereocenters. The van der Waals surface area contributed by atoms with Crippen molar-refractivity contribution in [1.29, 1.82) is 0 Å². The zero-order valence-corrected chi connectivity index (χ0v) is 13.3. The van der Waals surface area contributed by atoms with Gasteiger partial charge in [-0.2, -0.15) is 0 Å². The van der Waals surface area contributed by atoms with E-state index in [-0.39, 0.29) is 42.7 Å². The molecule has 0 aromatic carbocycles. The summed E-state index contributed by atoms with van der Waals surface area (Å²) in [6, 6.07) is -0.553. The van der Waals surface area contributed by atoms with Gasteiger partial charge in [0.1, 0.15) is 0 Å². The van der Waals surface area contributed by atoms with Gasteiger partial charge in [0, 0.05) is 17.7 Å². The van der Waals surface area contributed by atoms with E-state index in [1.807, 2.05) is 0 Å². The molecule has 0 spiro atoms. The second-order valence-electron chi connectivity index (χ2n) is 4.90. The van der Waals surface area contributed by atoms with E-state index in [0.717, 1.165) is 12.8 Å². The van der Waals surface area contributed by atoms with Crippen LogP contribution in [0.25, 0.3) is 0 Å². The molecule has 0 saturated carbocycles. The molecule has 0 fully saturated rings. The third-order valence-corrected chi connectivity index (χ3v) is 3.49. The molecule has 118 valence electrons. The molecule has 0 aliphatic heterocycles. The van der Waals surface area contributed by atoms with Crippen LogP contribution in [0.3, 0.4) is 0 Å². The van der Waals surface area contributed by atoms with E-state index in [1.54, 1.807) is 13.0 Å². The highest BCUT2D eigenvalue weighted by atomic mass is 35.5. The molecule has 1 aliphatic rings. The molecular weight excluding hydrogens is 280 g/mol. The minimum absolute atomic E-state index is 0. The van der Waals surface area contributed by atoms with E-state index < -0.39 is 0 Å². The summed E-state index contributed by atoms with van der Waals surface area (Å²) in [5.41, 5.74) is 12.6. The first kappa shape index (κ1) is 19.4. The Labute approximate surface area is 127 Å². The first-order chi connectivity index (χ1) is 9.03. The highest BCUT2D eigenvalue weighted by Crippen LogP contribution is 2.22. The molecule has 0 bridgehead atoms. The van der Waals surface area contributed by atoms with Gasteiger partial charge in [-0.05, 0) is 32.3 Å². The third-order valence-electron chi connectivity index (χ3n) is 3.49. The van der Waals surface area contributed by atoms with E-state index in [1.165, 1.54) is 0 Å². The molecule has 5 nitrogen and oxygen atoms in total. The van der Waals surface area contributed by atoms with Gasteiger partial charge in [0.25, 0.3) is 0 Å². The van der Waals surface area contributed by atoms with E-state index in [2.05, 4.69) is 13.8 Å². The molecule has 1 aliphatic carbocycles. The number of halogens is 1. The van der Waals surface area contributed by atoms with Crippen LogP contribution in [-0.2, 0) is 14.3 Å². The quantitative estimate of drug-likeness (QED) is 0.727. The molecule has 0 heterocycles. The second kappa shape index (κ2) is 9.34. The number of esters is 1. The molecule has 0 amide bonds. The van der Waals surface area contributed by atoms with Crippen molar-refractivity contribution in [3.63, 3.8) is 0 Å². The number of hydrogen-bond acceptors (Lipinski definition) is 5. The van der Waals surface area contributed by atoms with Crippen molar-refractivity contribution in [1.82, 2.24) is 0 Å². The van der Waals surface area contributed by atoms with Crippen molar-refractivity contribution < 1.29 is 14.3 Å². The van der Waals surface area contributed by atoms with Crippen LogP contribution >= 0.6 is 12.4 Å². The van der Waals surface area contributed by atoms with Gasteiger partial charge < -0.3 is 20.9 Å². The van der Waals surface area contributed by atoms with Gasteiger partial charge >= 0.3 is 5.97 Å². The average Bonchev–Trinajstić information content (AvgIpc) is 2.40. The fraction of sp³-hybridized carbons (Fsp3) is 0.786. The van der Waals surface area contributed by atoms with E-state index in [4.69, 9.17) is 20.9 Å². The van der Waals surface area contributed by atoms with Crippen molar-refractivity contribution in [2.45, 2.75) is 64.3 Å². The number of ether oxygens (including phenoxy) is 2. The second-order valence-corrected chi connectivity index (χ2v) is 4.90. The van der Waals surface area contributed by atoms with Crippen LogP contribution in [0, 0.1) is 0 Å². The molecule has 4 N–H and O–H groups in total. The first-order valence-electron chi connectivity index (χ1n) is 7.07. The lowest BCUT2D eigenvalue weighted by Crippen LogP contribution is -2.53. The van der Waals surface area contributed by atoms with Crippen molar-refractivity contribution in [2.24, 2.45) is 11.5 Å². The van der Waals surface area contributed by atoms with Gasteiger partial charge in [0.05, 0.1) is 18.8 Å². The maximum atomic E-state index is 11.8. The molecule has 6 heteroatoms. The van der Waals surface area contributed by atoms with Gasteiger partial charge in [-0.1, -0.05) is 13.8 Å². The van der Waals surface area contributed by atoms with Crippen LogP contribution in [0.1, 0.15) is 40.0 Å². The topological polar surface area (TPSA) is 87.6 Å². The molecule has 3 atom stereocenters. The SMILES string of the molecule is CCOC(=O)C1=C[C@@H](OC(CC)CC)[C@H](N)[C@@H](N)C1.Cl. The number of carbonyl (C=O) groups is 1. The maximum absolute atomic E-state index is 11.8. The van der Waals surface area contributed by atoms with Crippen LogP contribution < -0.4 is 11.5 Å². The Balaban J connectivity index is 0.00000361. The number of carbonyl (C=O) groups excluding carboxylic acids is 1. The minimum Gasteiger partial charge on any atom is -0.463 e. The lowest BCUT2D eigenvalue weighted by atomic mass is 9.89. The molecule has 0 saturated heterocycles. The van der Waals surface area contributed by atoms with E-state index in [0.29, 0.717) is 18.6 Å². The Morgan fingerprint density at radius 2 is 1.95 bits per heavy atom. The number of rotatable bonds is 6. The largest absolute Gasteiger partial charge is 0.463 e. The third kappa shape index (κ3) is 5.05. The summed E-state index contributed by atoms with van der Waals surface area (Å²) in [4.78, 5) is 11.8. The monoisotopic (exact) mass is 306 g/mol. The zero-order chi connectivity index (χ0) is 14.4. The predicted molar refractivity (Wildman–Crippen MR) is 81.8 cm³/mol. The van der Waals surface area contributed by atoms with Gasteiger partial charge in [0.15, 0.2) is 0 Å². The molecular formula is C14H27ClN2O3. The summed E-state index contributed by atoms with van der Waals surface area (Å²) >= 11 is 0. The Morgan fingerprint density at radius 3 is 2.45 bits per heavy atom. The Bertz CT molecular complexity index is 332. The average molecular weight is 307 g/mol. The summed E-state index contributed by atoms with van der Waals surface area (Å²) in [7, 11) is 0. The van der Waals surface area contributed by atoms with Crippen LogP contribution in [0.2, 0.25) is 0 Å². The summed E-state index contributed by atoms with van der Waals surface area (Å²) in [6.07, 6.45) is 3.89. The first-order valence-corrected chi connectivity index (χ1v) is 7.07. The van der Waals surface area contributed by atoms with E-state index >= 15 is 0 Å². The van der Waals surface area contributed by atoms with Crippen LogP contribution in [0.15, 0.2) is 11.6 Å². The molecule has 0 aromatic rings. The predicted octanol–water partition coefficient (Wildman–Crippen LogP) is 1.53. The van der Waals surface area contributed by atoms with Gasteiger partial charge in [0.2, 0.25) is 0 Å². The van der Waals surface area contributed by atoms with Crippen molar-refractivity contribution in [2.75, 3.05) is 6.61 Å². The van der Waals surface area contributed by atoms with Crippen LogP contribution in [-0.4, -0.2) is 36.9 Å². The zero-order valence-electron chi connectivity index (χ0n) is 12.5. The summed E-state index contributed by atoms with van der Waals surface area (Å²) in [5.74, 6) is -0.317. The van der Waals surface area contributed by atoms with Crippen LogP contribution in [0.5, 0.6) is 0 Å². The van der Waals surface area contributed by atoms with Crippen molar-refractivity contribution in [3.05, 3.63) is 11.6 Å². The summed E-state index contributed by atoms with van der Waals surface area (Å²) in [6.45, 7) is 6.28. The van der Waals surface area contributed by atoms with Crippen molar-refractivity contribution in [3.8, 4) is 0 Å². The molecule has 0 aromatic heterocycles. The fourth-order valence-corrected chi connectivity index (χ4v) is 2.22. The maximum Gasteiger partial charge on any atom is 0.333 e.